The molecule has 0 aliphatic rings. The number of thiophene rings is 1. The molecule has 1 unspecified atom stereocenters. The van der Waals surface area contributed by atoms with Crippen molar-refractivity contribution in [1.29, 1.82) is 0 Å². The molecule has 3 aromatic rings. The number of benzene rings is 1. The SMILES string of the molecule is Cc1cccc(C)c1-c1cc(C(CC(=O)O)NC(=O)[C@@H](CC(C)C)n2cc(CCN(C)C)cc(C(F)F)c2=O)cs1. The molecule has 0 saturated heterocycles. The molecule has 0 aliphatic carbocycles. The number of carbonyl (C=O) groups is 2. The van der Waals surface area contributed by atoms with E-state index in [0.717, 1.165) is 26.1 Å². The molecular formula is C31H39F2N3O4S. The van der Waals surface area contributed by atoms with Gasteiger partial charge in [0.15, 0.2) is 0 Å². The van der Waals surface area contributed by atoms with Gasteiger partial charge < -0.3 is 19.9 Å². The number of hydrogen-bond acceptors (Lipinski definition) is 5. The molecular weight excluding hydrogens is 548 g/mol. The highest BCUT2D eigenvalue weighted by Gasteiger charge is 2.29. The number of amides is 1. The lowest BCUT2D eigenvalue weighted by atomic mass is 9.98. The van der Waals surface area contributed by atoms with E-state index >= 15 is 0 Å². The van der Waals surface area contributed by atoms with E-state index in [1.807, 2.05) is 76.3 Å². The molecule has 10 heteroatoms. The number of aryl methyl sites for hydroxylation is 2. The maximum atomic E-state index is 13.9. The Balaban J connectivity index is 2.02. The topological polar surface area (TPSA) is 91.6 Å². The van der Waals surface area contributed by atoms with E-state index in [9.17, 15) is 28.3 Å². The maximum absolute atomic E-state index is 13.9. The van der Waals surface area contributed by atoms with Crippen molar-refractivity contribution in [2.75, 3.05) is 20.6 Å². The molecule has 1 aromatic carbocycles. The van der Waals surface area contributed by atoms with Crippen molar-refractivity contribution in [2.45, 2.75) is 65.5 Å². The van der Waals surface area contributed by atoms with E-state index in [1.165, 1.54) is 23.6 Å². The molecule has 0 aliphatic heterocycles. The molecule has 0 radical (unpaired) electrons. The Bertz CT molecular complexity index is 1410. The van der Waals surface area contributed by atoms with E-state index in [2.05, 4.69) is 5.32 Å². The second-order valence-electron chi connectivity index (χ2n) is 11.2. The summed E-state index contributed by atoms with van der Waals surface area (Å²) in [6.45, 7) is 8.34. The number of alkyl halides is 2. The van der Waals surface area contributed by atoms with E-state index in [0.29, 0.717) is 24.1 Å². The van der Waals surface area contributed by atoms with Crippen LogP contribution in [-0.2, 0) is 16.0 Å². The van der Waals surface area contributed by atoms with Crippen LogP contribution in [0.5, 0.6) is 0 Å². The number of pyridine rings is 1. The van der Waals surface area contributed by atoms with Crippen LogP contribution < -0.4 is 10.9 Å². The Morgan fingerprint density at radius 1 is 1.12 bits per heavy atom. The minimum Gasteiger partial charge on any atom is -0.481 e. The third-order valence-corrected chi connectivity index (χ3v) is 7.95. The van der Waals surface area contributed by atoms with Crippen LogP contribution in [-0.4, -0.2) is 47.1 Å². The highest BCUT2D eigenvalue weighted by molar-refractivity contribution is 7.13. The fourth-order valence-electron chi connectivity index (χ4n) is 4.92. The molecule has 2 N–H and O–H groups in total. The van der Waals surface area contributed by atoms with Crippen LogP contribution in [0.1, 0.15) is 73.0 Å². The van der Waals surface area contributed by atoms with E-state index in [4.69, 9.17) is 0 Å². The van der Waals surface area contributed by atoms with Crippen LogP contribution in [0.2, 0.25) is 0 Å². The van der Waals surface area contributed by atoms with Gasteiger partial charge in [-0.2, -0.15) is 0 Å². The average molecular weight is 588 g/mol. The Labute approximate surface area is 243 Å². The predicted molar refractivity (Wildman–Crippen MR) is 159 cm³/mol. The third kappa shape index (κ3) is 8.33. The van der Waals surface area contributed by atoms with Gasteiger partial charge in [0, 0.05) is 17.6 Å². The zero-order valence-corrected chi connectivity index (χ0v) is 25.2. The standard InChI is InChI=1S/C31H39F2N3O4S/c1-18(2)12-25(36-16-21(10-11-35(5)6)13-23(29(32)33)31(36)40)30(39)34-24(15-27(37)38)22-14-26(41-17-22)28-19(3)8-7-9-20(28)4/h7-9,13-14,16-18,24-25,29H,10-12,15H2,1-6H3,(H,34,39)(H,37,38)/t24?,25-/m1/s1. The summed E-state index contributed by atoms with van der Waals surface area (Å²) >= 11 is 1.46. The molecule has 1 amide bonds. The number of aromatic nitrogens is 1. The molecule has 3 rings (SSSR count). The van der Waals surface area contributed by atoms with Crippen LogP contribution >= 0.6 is 11.3 Å². The number of halogens is 2. The molecule has 7 nitrogen and oxygen atoms in total. The monoisotopic (exact) mass is 587 g/mol. The fourth-order valence-corrected chi connectivity index (χ4v) is 6.06. The van der Waals surface area contributed by atoms with Gasteiger partial charge in [-0.1, -0.05) is 32.0 Å². The van der Waals surface area contributed by atoms with Crippen molar-refractivity contribution in [3.05, 3.63) is 80.1 Å². The molecule has 222 valence electrons. The van der Waals surface area contributed by atoms with Gasteiger partial charge in [0.25, 0.3) is 12.0 Å². The van der Waals surface area contributed by atoms with Crippen LogP contribution in [0.25, 0.3) is 10.4 Å². The van der Waals surface area contributed by atoms with Gasteiger partial charge in [0.1, 0.15) is 6.04 Å². The largest absolute Gasteiger partial charge is 0.481 e. The first-order chi connectivity index (χ1) is 19.3. The van der Waals surface area contributed by atoms with Crippen molar-refractivity contribution < 1.29 is 23.5 Å². The number of carbonyl (C=O) groups excluding carboxylic acids is 1. The summed E-state index contributed by atoms with van der Waals surface area (Å²) in [5.41, 5.74) is 2.80. The normalized spacial score (nSPS) is 13.1. The Morgan fingerprint density at radius 2 is 1.78 bits per heavy atom. The summed E-state index contributed by atoms with van der Waals surface area (Å²) in [5, 5.41) is 14.3. The number of nitrogens with zero attached hydrogens (tertiary/aromatic N) is 2. The number of nitrogens with one attached hydrogen (secondary N) is 1. The minimum absolute atomic E-state index is 0.0483. The highest BCUT2D eigenvalue weighted by Crippen LogP contribution is 2.35. The first-order valence-electron chi connectivity index (χ1n) is 13.6. The molecule has 41 heavy (non-hydrogen) atoms. The van der Waals surface area contributed by atoms with Gasteiger partial charge in [0.2, 0.25) is 5.91 Å². The van der Waals surface area contributed by atoms with Gasteiger partial charge >= 0.3 is 5.97 Å². The first kappa shape index (κ1) is 32.1. The average Bonchev–Trinajstić information content (AvgIpc) is 3.35. The van der Waals surface area contributed by atoms with E-state index in [1.54, 1.807) is 0 Å². The smallest absolute Gasteiger partial charge is 0.305 e. The second kappa shape index (κ2) is 14.0. The number of aliphatic carboxylic acids is 1. The summed E-state index contributed by atoms with van der Waals surface area (Å²) in [7, 11) is 3.72. The molecule has 0 bridgehead atoms. The van der Waals surface area contributed by atoms with Crippen LogP contribution in [0.3, 0.4) is 0 Å². The van der Waals surface area contributed by atoms with Crippen LogP contribution in [0.4, 0.5) is 8.78 Å². The number of hydrogen-bond donors (Lipinski definition) is 2. The number of carboxylic acid groups (broad SMARTS) is 1. The lowest BCUT2D eigenvalue weighted by Crippen LogP contribution is -2.41. The number of likely N-dealkylation sites (N-methyl/N-ethyl adjacent to an activating group) is 1. The van der Waals surface area contributed by atoms with Crippen molar-refractivity contribution >= 4 is 23.2 Å². The van der Waals surface area contributed by atoms with Gasteiger partial charge in [0.05, 0.1) is 18.0 Å². The molecule has 2 aromatic heterocycles. The van der Waals surface area contributed by atoms with Crippen molar-refractivity contribution in [2.24, 2.45) is 5.92 Å². The van der Waals surface area contributed by atoms with Gasteiger partial charge in [-0.15, -0.1) is 11.3 Å². The van der Waals surface area contributed by atoms with Crippen molar-refractivity contribution in [3.8, 4) is 10.4 Å². The Morgan fingerprint density at radius 3 is 2.34 bits per heavy atom. The number of carboxylic acids is 1. The van der Waals surface area contributed by atoms with Crippen molar-refractivity contribution in [3.63, 3.8) is 0 Å². The van der Waals surface area contributed by atoms with Gasteiger partial charge in [-0.25, -0.2) is 8.78 Å². The predicted octanol–water partition coefficient (Wildman–Crippen LogP) is 6.15. The fraction of sp³-hybridized carbons (Fsp3) is 0.452. The zero-order valence-electron chi connectivity index (χ0n) is 24.4. The van der Waals surface area contributed by atoms with Gasteiger partial charge in [-0.05, 0) is 92.0 Å². The third-order valence-electron chi connectivity index (χ3n) is 6.99. The van der Waals surface area contributed by atoms with Crippen LogP contribution in [0.15, 0.2) is 46.7 Å². The van der Waals surface area contributed by atoms with Crippen molar-refractivity contribution in [1.82, 2.24) is 14.8 Å². The molecule has 2 atom stereocenters. The molecule has 0 saturated carbocycles. The molecule has 2 heterocycles. The Kier molecular flexibility index (Phi) is 11.0. The Hall–Kier alpha value is -3.37. The quantitative estimate of drug-likeness (QED) is 0.250. The summed E-state index contributed by atoms with van der Waals surface area (Å²) in [5.74, 6) is -1.73. The summed E-state index contributed by atoms with van der Waals surface area (Å²) in [4.78, 5) is 41.6. The summed E-state index contributed by atoms with van der Waals surface area (Å²) < 4.78 is 28.9. The molecule has 0 spiro atoms. The zero-order chi connectivity index (χ0) is 30.4. The lowest BCUT2D eigenvalue weighted by Gasteiger charge is -2.25. The summed E-state index contributed by atoms with van der Waals surface area (Å²) in [6, 6.07) is 7.12. The van der Waals surface area contributed by atoms with Gasteiger partial charge in [-0.3, -0.25) is 14.4 Å². The highest BCUT2D eigenvalue weighted by atomic mass is 32.1. The van der Waals surface area contributed by atoms with Crippen LogP contribution in [0, 0.1) is 19.8 Å². The molecule has 0 fully saturated rings. The number of rotatable bonds is 13. The minimum atomic E-state index is -3.00. The first-order valence-corrected chi connectivity index (χ1v) is 14.5. The summed E-state index contributed by atoms with van der Waals surface area (Å²) in [6.07, 6.45) is -1.25. The van der Waals surface area contributed by atoms with E-state index < -0.39 is 41.5 Å². The maximum Gasteiger partial charge on any atom is 0.305 e. The van der Waals surface area contributed by atoms with E-state index in [-0.39, 0.29) is 18.8 Å². The second-order valence-corrected chi connectivity index (χ2v) is 12.1. The lowest BCUT2D eigenvalue weighted by molar-refractivity contribution is -0.138.